The molecule has 1 saturated carbocycles. The number of alkyl halides is 2. The Morgan fingerprint density at radius 2 is 1.90 bits per heavy atom. The number of amides is 1. The minimum absolute atomic E-state index is 0.114. The van der Waals surface area contributed by atoms with Gasteiger partial charge in [0.15, 0.2) is 5.78 Å². The SMILES string of the molecule is N#C[C@]1(C2CC2)CC(F)(F)CN1C(=O)CCC(=O)c1ccncc1-c1ccccc1. The van der Waals surface area contributed by atoms with E-state index in [-0.39, 0.29) is 24.5 Å². The van der Waals surface area contributed by atoms with Crippen molar-refractivity contribution in [1.82, 2.24) is 9.88 Å². The number of ketones is 1. The highest BCUT2D eigenvalue weighted by atomic mass is 19.3. The van der Waals surface area contributed by atoms with Crippen molar-refractivity contribution in [2.45, 2.75) is 43.6 Å². The van der Waals surface area contributed by atoms with Crippen LogP contribution in [0, 0.1) is 17.2 Å². The van der Waals surface area contributed by atoms with Crippen LogP contribution in [-0.2, 0) is 4.79 Å². The highest BCUT2D eigenvalue weighted by Gasteiger charge is 2.62. The van der Waals surface area contributed by atoms with Gasteiger partial charge in [-0.3, -0.25) is 14.6 Å². The summed E-state index contributed by atoms with van der Waals surface area (Å²) in [4.78, 5) is 30.8. The van der Waals surface area contributed by atoms with Crippen molar-refractivity contribution in [3.05, 3.63) is 54.4 Å². The van der Waals surface area contributed by atoms with Crippen molar-refractivity contribution in [1.29, 1.82) is 5.26 Å². The number of carbonyl (C=O) groups is 2. The van der Waals surface area contributed by atoms with Crippen LogP contribution in [0.1, 0.15) is 42.5 Å². The summed E-state index contributed by atoms with van der Waals surface area (Å²) in [5.74, 6) is -4.11. The highest BCUT2D eigenvalue weighted by molar-refractivity contribution is 6.03. The first-order valence-electron chi connectivity index (χ1n) is 9.98. The summed E-state index contributed by atoms with van der Waals surface area (Å²) in [7, 11) is 0. The van der Waals surface area contributed by atoms with Gasteiger partial charge in [0.2, 0.25) is 5.91 Å². The second-order valence-corrected chi connectivity index (χ2v) is 8.03. The van der Waals surface area contributed by atoms with E-state index in [9.17, 15) is 23.6 Å². The number of Topliss-reactive ketones (excluding diaryl/α,β-unsaturated/α-hetero) is 1. The lowest BCUT2D eigenvalue weighted by molar-refractivity contribution is -0.135. The van der Waals surface area contributed by atoms with Gasteiger partial charge in [-0.05, 0) is 30.4 Å². The van der Waals surface area contributed by atoms with E-state index >= 15 is 0 Å². The molecule has 2 fully saturated rings. The molecule has 1 saturated heterocycles. The topological polar surface area (TPSA) is 74.1 Å². The molecule has 5 nitrogen and oxygen atoms in total. The quantitative estimate of drug-likeness (QED) is 0.669. The van der Waals surface area contributed by atoms with Crippen LogP contribution in [0.2, 0.25) is 0 Å². The number of likely N-dealkylation sites (tertiary alicyclic amines) is 1. The molecule has 1 aromatic heterocycles. The number of nitriles is 1. The van der Waals surface area contributed by atoms with Gasteiger partial charge in [-0.2, -0.15) is 5.26 Å². The van der Waals surface area contributed by atoms with Crippen LogP contribution in [0.3, 0.4) is 0 Å². The molecule has 1 aromatic carbocycles. The van der Waals surface area contributed by atoms with E-state index in [2.05, 4.69) is 4.98 Å². The summed E-state index contributed by atoms with van der Waals surface area (Å²) in [6, 6.07) is 12.9. The van der Waals surface area contributed by atoms with Gasteiger partial charge < -0.3 is 4.90 Å². The highest BCUT2D eigenvalue weighted by Crippen LogP contribution is 2.52. The smallest absolute Gasteiger partial charge is 0.268 e. The maximum Gasteiger partial charge on any atom is 0.268 e. The molecule has 0 spiro atoms. The van der Waals surface area contributed by atoms with Gasteiger partial charge in [0, 0.05) is 36.4 Å². The second kappa shape index (κ2) is 7.60. The van der Waals surface area contributed by atoms with Crippen molar-refractivity contribution in [3.8, 4) is 17.2 Å². The predicted octanol–water partition coefficient (Wildman–Crippen LogP) is 4.25. The Balaban J connectivity index is 1.50. The first kappa shape index (κ1) is 20.1. The molecule has 0 N–H and O–H groups in total. The molecule has 1 atom stereocenters. The zero-order valence-corrected chi connectivity index (χ0v) is 16.4. The minimum Gasteiger partial charge on any atom is -0.317 e. The third kappa shape index (κ3) is 3.70. The Hall–Kier alpha value is -3.14. The molecule has 2 heterocycles. The molecule has 1 aliphatic heterocycles. The molecule has 1 amide bonds. The van der Waals surface area contributed by atoms with Gasteiger partial charge in [0.25, 0.3) is 5.92 Å². The number of carbonyl (C=O) groups excluding carboxylic acids is 2. The standard InChI is InChI=1S/C23H21F2N3O2/c24-23(25)13-22(14-26,17-6-7-17)28(15-23)21(30)9-8-20(29)18-10-11-27-12-19(18)16-4-2-1-3-5-16/h1-5,10-12,17H,6-9,13,15H2/t22-/m0/s1. The van der Waals surface area contributed by atoms with E-state index in [1.807, 2.05) is 36.4 Å². The van der Waals surface area contributed by atoms with Crippen molar-refractivity contribution in [3.63, 3.8) is 0 Å². The maximum atomic E-state index is 14.1. The number of nitrogens with zero attached hydrogens (tertiary/aromatic N) is 3. The van der Waals surface area contributed by atoms with Crippen LogP contribution in [0.4, 0.5) is 8.78 Å². The van der Waals surface area contributed by atoms with Gasteiger partial charge in [0.05, 0.1) is 19.0 Å². The molecule has 154 valence electrons. The van der Waals surface area contributed by atoms with E-state index in [1.165, 1.54) is 6.20 Å². The van der Waals surface area contributed by atoms with Crippen molar-refractivity contribution in [2.75, 3.05) is 6.54 Å². The summed E-state index contributed by atoms with van der Waals surface area (Å²) >= 11 is 0. The van der Waals surface area contributed by atoms with Crippen LogP contribution in [-0.4, -0.2) is 39.6 Å². The van der Waals surface area contributed by atoms with Crippen LogP contribution in [0.25, 0.3) is 11.1 Å². The zero-order valence-electron chi connectivity index (χ0n) is 16.4. The largest absolute Gasteiger partial charge is 0.317 e. The van der Waals surface area contributed by atoms with E-state index in [0.29, 0.717) is 24.0 Å². The van der Waals surface area contributed by atoms with Gasteiger partial charge >= 0.3 is 0 Å². The van der Waals surface area contributed by atoms with Crippen molar-refractivity contribution < 1.29 is 18.4 Å². The molecule has 7 heteroatoms. The number of pyridine rings is 1. The van der Waals surface area contributed by atoms with Gasteiger partial charge in [0.1, 0.15) is 5.54 Å². The molecule has 30 heavy (non-hydrogen) atoms. The third-order valence-electron chi connectivity index (χ3n) is 5.92. The van der Waals surface area contributed by atoms with Crippen LogP contribution in [0.15, 0.2) is 48.8 Å². The number of rotatable bonds is 6. The number of halogens is 2. The summed E-state index contributed by atoms with van der Waals surface area (Å²) in [5.41, 5.74) is 0.476. The number of benzene rings is 1. The fourth-order valence-corrected chi connectivity index (χ4v) is 4.32. The van der Waals surface area contributed by atoms with Crippen LogP contribution < -0.4 is 0 Å². The molecule has 0 bridgehead atoms. The molecular weight excluding hydrogens is 388 g/mol. The van der Waals surface area contributed by atoms with Gasteiger partial charge in [-0.1, -0.05) is 30.3 Å². The molecule has 1 aliphatic carbocycles. The second-order valence-electron chi connectivity index (χ2n) is 8.03. The first-order chi connectivity index (χ1) is 14.4. The summed E-state index contributed by atoms with van der Waals surface area (Å²) in [6.07, 6.45) is 3.50. The Kier molecular flexibility index (Phi) is 5.10. The Morgan fingerprint density at radius 3 is 2.57 bits per heavy atom. The fourth-order valence-electron chi connectivity index (χ4n) is 4.32. The average Bonchev–Trinajstić information content (AvgIpc) is 3.57. The summed E-state index contributed by atoms with van der Waals surface area (Å²) in [6.45, 7) is -0.755. The van der Waals surface area contributed by atoms with Crippen LogP contribution >= 0.6 is 0 Å². The number of hydrogen-bond donors (Lipinski definition) is 0. The molecule has 4 rings (SSSR count). The molecular formula is C23H21F2N3O2. The number of aromatic nitrogens is 1. The fraction of sp³-hybridized carbons (Fsp3) is 0.391. The average molecular weight is 409 g/mol. The van der Waals surface area contributed by atoms with E-state index in [0.717, 1.165) is 10.5 Å². The van der Waals surface area contributed by atoms with Crippen LogP contribution in [0.5, 0.6) is 0 Å². The molecule has 0 radical (unpaired) electrons. The van der Waals surface area contributed by atoms with Crippen molar-refractivity contribution >= 4 is 11.7 Å². The van der Waals surface area contributed by atoms with E-state index < -0.39 is 30.3 Å². The third-order valence-corrected chi connectivity index (χ3v) is 5.92. The zero-order chi connectivity index (χ0) is 21.4. The number of hydrogen-bond acceptors (Lipinski definition) is 4. The first-order valence-corrected chi connectivity index (χ1v) is 9.98. The van der Waals surface area contributed by atoms with Crippen molar-refractivity contribution in [2.24, 2.45) is 5.92 Å². The van der Waals surface area contributed by atoms with E-state index in [1.54, 1.807) is 12.3 Å². The Morgan fingerprint density at radius 1 is 1.17 bits per heavy atom. The normalized spacial score (nSPS) is 22.5. The Labute approximate surface area is 173 Å². The lowest BCUT2D eigenvalue weighted by atomic mass is 9.90. The lowest BCUT2D eigenvalue weighted by Crippen LogP contribution is -2.48. The maximum absolute atomic E-state index is 14.1. The minimum atomic E-state index is -3.08. The summed E-state index contributed by atoms with van der Waals surface area (Å²) in [5, 5.41) is 9.65. The molecule has 0 unspecified atom stereocenters. The summed E-state index contributed by atoms with van der Waals surface area (Å²) < 4.78 is 28.2. The van der Waals surface area contributed by atoms with E-state index in [4.69, 9.17) is 0 Å². The monoisotopic (exact) mass is 409 g/mol. The predicted molar refractivity (Wildman–Crippen MR) is 106 cm³/mol. The van der Waals surface area contributed by atoms with Gasteiger partial charge in [-0.15, -0.1) is 0 Å². The molecule has 2 aromatic rings. The Bertz CT molecular complexity index is 1010. The molecule has 2 aliphatic rings. The van der Waals surface area contributed by atoms with Gasteiger partial charge in [-0.25, -0.2) is 8.78 Å². The lowest BCUT2D eigenvalue weighted by Gasteiger charge is -2.31.